The lowest BCUT2D eigenvalue weighted by atomic mass is 10.2. The van der Waals surface area contributed by atoms with Crippen molar-refractivity contribution < 1.29 is 13.2 Å². The van der Waals surface area contributed by atoms with Crippen LogP contribution in [0.25, 0.3) is 0 Å². The first-order valence-electron chi connectivity index (χ1n) is 4.67. The molecule has 1 heterocycles. The summed E-state index contributed by atoms with van der Waals surface area (Å²) in [5.74, 6) is 0.205. The van der Waals surface area contributed by atoms with Gasteiger partial charge in [-0.3, -0.25) is 0 Å². The Morgan fingerprint density at radius 2 is 2.23 bits per heavy atom. The zero-order valence-corrected chi connectivity index (χ0v) is 8.93. The predicted octanol–water partition coefficient (Wildman–Crippen LogP) is 0.493. The van der Waals surface area contributed by atoms with E-state index >= 15 is 0 Å². The molecule has 0 aromatic carbocycles. The highest BCUT2D eigenvalue weighted by molar-refractivity contribution is 7.89. The average Bonchev–Trinajstić information content (AvgIpc) is 2.35. The largest absolute Gasteiger partial charge is 0.377 e. The Morgan fingerprint density at radius 3 is 2.69 bits per heavy atom. The van der Waals surface area contributed by atoms with E-state index < -0.39 is 10.0 Å². The number of nitrogens with one attached hydrogen (secondary N) is 1. The molecule has 0 saturated carbocycles. The van der Waals surface area contributed by atoms with Crippen LogP contribution in [0.4, 0.5) is 0 Å². The van der Waals surface area contributed by atoms with E-state index in [9.17, 15) is 8.42 Å². The monoisotopic (exact) mass is 207 g/mol. The van der Waals surface area contributed by atoms with E-state index in [1.807, 2.05) is 13.8 Å². The summed E-state index contributed by atoms with van der Waals surface area (Å²) in [5, 5.41) is 0. The van der Waals surface area contributed by atoms with E-state index in [1.165, 1.54) is 0 Å². The van der Waals surface area contributed by atoms with Crippen LogP contribution in [0, 0.1) is 0 Å². The average molecular weight is 207 g/mol. The first-order chi connectivity index (χ1) is 6.05. The third kappa shape index (κ3) is 3.25. The third-order valence-electron chi connectivity index (χ3n) is 2.18. The van der Waals surface area contributed by atoms with Crippen molar-refractivity contribution in [2.75, 3.05) is 12.4 Å². The molecule has 1 rings (SSSR count). The summed E-state index contributed by atoms with van der Waals surface area (Å²) in [7, 11) is -3.08. The number of hydrogen-bond acceptors (Lipinski definition) is 3. The van der Waals surface area contributed by atoms with Gasteiger partial charge in [0.25, 0.3) is 0 Å². The molecule has 2 atom stereocenters. The molecule has 13 heavy (non-hydrogen) atoms. The van der Waals surface area contributed by atoms with Crippen molar-refractivity contribution in [1.29, 1.82) is 0 Å². The lowest BCUT2D eigenvalue weighted by Gasteiger charge is -2.15. The van der Waals surface area contributed by atoms with Crippen LogP contribution in [0.1, 0.15) is 26.7 Å². The van der Waals surface area contributed by atoms with Crippen molar-refractivity contribution in [1.82, 2.24) is 4.72 Å². The number of rotatable bonds is 4. The third-order valence-corrected chi connectivity index (χ3v) is 3.79. The van der Waals surface area contributed by atoms with Gasteiger partial charge in [-0.25, -0.2) is 13.1 Å². The van der Waals surface area contributed by atoms with Gasteiger partial charge in [-0.05, 0) is 19.8 Å². The van der Waals surface area contributed by atoms with Crippen LogP contribution in [-0.4, -0.2) is 32.9 Å². The maximum absolute atomic E-state index is 11.4. The first-order valence-corrected chi connectivity index (χ1v) is 6.32. The van der Waals surface area contributed by atoms with E-state index in [2.05, 4.69) is 4.72 Å². The van der Waals surface area contributed by atoms with Gasteiger partial charge in [-0.15, -0.1) is 0 Å². The van der Waals surface area contributed by atoms with Crippen molar-refractivity contribution in [3.8, 4) is 0 Å². The number of sulfonamides is 1. The van der Waals surface area contributed by atoms with Gasteiger partial charge in [-0.2, -0.15) is 0 Å². The van der Waals surface area contributed by atoms with E-state index in [0.717, 1.165) is 6.42 Å². The molecule has 0 amide bonds. The molecule has 1 aliphatic rings. The molecule has 0 aliphatic carbocycles. The second kappa shape index (κ2) is 4.39. The molecular formula is C8H17NO3S. The fraction of sp³-hybridized carbons (Fsp3) is 1.00. The minimum Gasteiger partial charge on any atom is -0.377 e. The second-order valence-corrected chi connectivity index (χ2v) is 5.28. The molecule has 2 unspecified atom stereocenters. The van der Waals surface area contributed by atoms with Crippen molar-refractivity contribution in [2.45, 2.75) is 38.8 Å². The predicted molar refractivity (Wildman–Crippen MR) is 51.0 cm³/mol. The maximum atomic E-state index is 11.4. The normalized spacial score (nSPS) is 29.4. The Hall–Kier alpha value is -0.130. The minimum absolute atomic E-state index is 0.00614. The highest BCUT2D eigenvalue weighted by Crippen LogP contribution is 2.13. The van der Waals surface area contributed by atoms with Gasteiger partial charge in [0.1, 0.15) is 0 Å². The van der Waals surface area contributed by atoms with E-state index in [-0.39, 0.29) is 17.9 Å². The van der Waals surface area contributed by atoms with Crippen molar-refractivity contribution in [3.05, 3.63) is 0 Å². The van der Waals surface area contributed by atoms with Crippen molar-refractivity contribution in [2.24, 2.45) is 0 Å². The summed E-state index contributed by atoms with van der Waals surface area (Å²) in [6.45, 7) is 4.40. The number of ether oxygens (including phenoxy) is 1. The van der Waals surface area contributed by atoms with Gasteiger partial charge in [-0.1, -0.05) is 6.92 Å². The van der Waals surface area contributed by atoms with E-state index in [1.54, 1.807) is 0 Å². The molecule has 0 radical (unpaired) electrons. The van der Waals surface area contributed by atoms with Gasteiger partial charge in [0, 0.05) is 12.6 Å². The molecule has 0 spiro atoms. The van der Waals surface area contributed by atoms with Gasteiger partial charge in [0.15, 0.2) is 0 Å². The van der Waals surface area contributed by atoms with Crippen LogP contribution >= 0.6 is 0 Å². The van der Waals surface area contributed by atoms with Crippen LogP contribution in [0.3, 0.4) is 0 Å². The molecule has 5 heteroatoms. The summed E-state index contributed by atoms with van der Waals surface area (Å²) in [6, 6.07) is -0.0310. The molecule has 1 fully saturated rings. The van der Waals surface area contributed by atoms with Crippen LogP contribution in [0.5, 0.6) is 0 Å². The zero-order valence-electron chi connectivity index (χ0n) is 8.12. The Balaban J connectivity index is 2.47. The topological polar surface area (TPSA) is 55.4 Å². The van der Waals surface area contributed by atoms with Crippen LogP contribution in [0.2, 0.25) is 0 Å². The SMILES string of the molecule is CCCS(=O)(=O)NC1CCOC1C. The quantitative estimate of drug-likeness (QED) is 0.730. The zero-order chi connectivity index (χ0) is 9.90. The molecule has 78 valence electrons. The summed E-state index contributed by atoms with van der Waals surface area (Å²) < 4.78 is 30.6. The highest BCUT2D eigenvalue weighted by Gasteiger charge is 2.27. The Labute approximate surface area is 79.7 Å². The Kier molecular flexibility index (Phi) is 3.70. The molecule has 0 aromatic rings. The Morgan fingerprint density at radius 1 is 1.54 bits per heavy atom. The van der Waals surface area contributed by atoms with Crippen LogP contribution in [-0.2, 0) is 14.8 Å². The molecule has 4 nitrogen and oxygen atoms in total. The summed E-state index contributed by atoms with van der Waals surface area (Å²) in [5.41, 5.74) is 0. The van der Waals surface area contributed by atoms with Crippen LogP contribution < -0.4 is 4.72 Å². The smallest absolute Gasteiger partial charge is 0.211 e. The molecule has 0 aromatic heterocycles. The molecule has 1 aliphatic heterocycles. The van der Waals surface area contributed by atoms with Crippen molar-refractivity contribution >= 4 is 10.0 Å². The van der Waals surface area contributed by atoms with Crippen molar-refractivity contribution in [3.63, 3.8) is 0 Å². The lowest BCUT2D eigenvalue weighted by molar-refractivity contribution is 0.117. The highest BCUT2D eigenvalue weighted by atomic mass is 32.2. The summed E-state index contributed by atoms with van der Waals surface area (Å²) >= 11 is 0. The standard InChI is InChI=1S/C8H17NO3S/c1-3-6-13(10,11)9-8-4-5-12-7(8)2/h7-9H,3-6H2,1-2H3. The van der Waals surface area contributed by atoms with Gasteiger partial charge >= 0.3 is 0 Å². The maximum Gasteiger partial charge on any atom is 0.211 e. The van der Waals surface area contributed by atoms with Crippen LogP contribution in [0.15, 0.2) is 0 Å². The second-order valence-electron chi connectivity index (χ2n) is 3.41. The molecular weight excluding hydrogens is 190 g/mol. The molecule has 0 bridgehead atoms. The molecule has 1 saturated heterocycles. The fourth-order valence-electron chi connectivity index (χ4n) is 1.44. The van der Waals surface area contributed by atoms with Gasteiger partial charge < -0.3 is 4.74 Å². The first kappa shape index (κ1) is 10.9. The fourth-order valence-corrected chi connectivity index (χ4v) is 2.87. The Bertz CT molecular complexity index is 250. The van der Waals surface area contributed by atoms with Gasteiger partial charge in [0.2, 0.25) is 10.0 Å². The molecule has 1 N–H and O–H groups in total. The van der Waals surface area contributed by atoms with E-state index in [4.69, 9.17) is 4.74 Å². The lowest BCUT2D eigenvalue weighted by Crippen LogP contribution is -2.40. The van der Waals surface area contributed by atoms with E-state index in [0.29, 0.717) is 13.0 Å². The summed E-state index contributed by atoms with van der Waals surface area (Å²) in [6.07, 6.45) is 1.44. The summed E-state index contributed by atoms with van der Waals surface area (Å²) in [4.78, 5) is 0. The minimum atomic E-state index is -3.08. The number of hydrogen-bond donors (Lipinski definition) is 1. The van der Waals surface area contributed by atoms with Gasteiger partial charge in [0.05, 0.1) is 11.9 Å².